The zero-order valence-electron chi connectivity index (χ0n) is 14.7. The van der Waals surface area contributed by atoms with Crippen molar-refractivity contribution >= 4 is 5.97 Å². The molecule has 134 valence electrons. The lowest BCUT2D eigenvalue weighted by molar-refractivity contribution is 0.0690. The van der Waals surface area contributed by atoms with Crippen molar-refractivity contribution in [2.45, 2.75) is 89.3 Å². The van der Waals surface area contributed by atoms with E-state index in [0.29, 0.717) is 12.1 Å². The first-order valence-electron chi connectivity index (χ1n) is 9.54. The molecule has 1 aromatic heterocycles. The lowest BCUT2D eigenvalue weighted by Gasteiger charge is -2.34. The number of carbonyl (C=O) groups is 1. The van der Waals surface area contributed by atoms with Crippen LogP contribution < -0.4 is 5.32 Å². The molecular weight excluding hydrogens is 304 g/mol. The quantitative estimate of drug-likeness (QED) is 0.799. The lowest BCUT2D eigenvalue weighted by atomic mass is 9.89. The van der Waals surface area contributed by atoms with Crippen molar-refractivity contribution in [3.63, 3.8) is 0 Å². The summed E-state index contributed by atoms with van der Waals surface area (Å²) in [7, 11) is 0. The summed E-state index contributed by atoms with van der Waals surface area (Å²) in [5.74, 6) is -0.0728. The fourth-order valence-corrected chi connectivity index (χ4v) is 4.39. The molecule has 2 aliphatic carbocycles. The van der Waals surface area contributed by atoms with Crippen LogP contribution in [0, 0.1) is 5.92 Å². The first kappa shape index (κ1) is 17.4. The number of aromatic nitrogens is 3. The molecule has 0 aliphatic heterocycles. The van der Waals surface area contributed by atoms with Gasteiger partial charge in [0.05, 0.1) is 12.2 Å². The molecule has 6 heteroatoms. The van der Waals surface area contributed by atoms with E-state index in [4.69, 9.17) is 5.11 Å². The summed E-state index contributed by atoms with van der Waals surface area (Å²) in [5, 5.41) is 20.7. The average molecular weight is 334 g/mol. The van der Waals surface area contributed by atoms with E-state index in [2.05, 4.69) is 22.6 Å². The van der Waals surface area contributed by atoms with E-state index in [1.165, 1.54) is 51.4 Å². The van der Waals surface area contributed by atoms with Crippen LogP contribution in [0.2, 0.25) is 0 Å². The van der Waals surface area contributed by atoms with Crippen molar-refractivity contribution < 1.29 is 9.90 Å². The van der Waals surface area contributed by atoms with E-state index in [1.807, 2.05) is 0 Å². The maximum Gasteiger partial charge on any atom is 0.358 e. The summed E-state index contributed by atoms with van der Waals surface area (Å²) < 4.78 is 1.77. The van der Waals surface area contributed by atoms with Crippen LogP contribution in [0.25, 0.3) is 0 Å². The maximum atomic E-state index is 11.0. The van der Waals surface area contributed by atoms with Gasteiger partial charge in [0.25, 0.3) is 0 Å². The SMILES string of the molecule is CC(CCC1CCCC1)N[C@@H]1CCCC[C@@H]1n1cc(C(=O)O)nn1. The summed E-state index contributed by atoms with van der Waals surface area (Å²) in [6, 6.07) is 1.08. The van der Waals surface area contributed by atoms with Crippen LogP contribution in [-0.2, 0) is 0 Å². The van der Waals surface area contributed by atoms with E-state index in [1.54, 1.807) is 10.9 Å². The molecule has 0 amide bonds. The van der Waals surface area contributed by atoms with Crippen molar-refractivity contribution in [3.05, 3.63) is 11.9 Å². The Morgan fingerprint density at radius 3 is 2.71 bits per heavy atom. The van der Waals surface area contributed by atoms with E-state index < -0.39 is 5.97 Å². The first-order chi connectivity index (χ1) is 11.6. The number of rotatable bonds is 7. The van der Waals surface area contributed by atoms with Crippen LogP contribution in [0.4, 0.5) is 0 Å². The summed E-state index contributed by atoms with van der Waals surface area (Å²) in [6.45, 7) is 2.28. The Bertz CT molecular complexity index is 539. The number of aromatic carboxylic acids is 1. The number of hydrogen-bond donors (Lipinski definition) is 2. The third kappa shape index (κ3) is 4.35. The van der Waals surface area contributed by atoms with Gasteiger partial charge in [0, 0.05) is 12.1 Å². The second-order valence-corrected chi connectivity index (χ2v) is 7.64. The largest absolute Gasteiger partial charge is 0.476 e. The van der Waals surface area contributed by atoms with Gasteiger partial charge in [0.2, 0.25) is 0 Å². The zero-order valence-corrected chi connectivity index (χ0v) is 14.7. The second kappa shape index (κ2) is 8.10. The third-order valence-electron chi connectivity index (χ3n) is 5.78. The fourth-order valence-electron chi connectivity index (χ4n) is 4.39. The molecule has 2 saturated carbocycles. The molecule has 0 saturated heterocycles. The van der Waals surface area contributed by atoms with Gasteiger partial charge < -0.3 is 10.4 Å². The smallest absolute Gasteiger partial charge is 0.358 e. The highest BCUT2D eigenvalue weighted by Crippen LogP contribution is 2.31. The Morgan fingerprint density at radius 1 is 1.29 bits per heavy atom. The van der Waals surface area contributed by atoms with Crippen LogP contribution in [0.15, 0.2) is 6.20 Å². The molecule has 0 radical (unpaired) electrons. The zero-order chi connectivity index (χ0) is 16.9. The molecule has 2 N–H and O–H groups in total. The van der Waals surface area contributed by atoms with Gasteiger partial charge in [-0.25, -0.2) is 9.48 Å². The minimum Gasteiger partial charge on any atom is -0.476 e. The van der Waals surface area contributed by atoms with Crippen molar-refractivity contribution in [2.24, 2.45) is 5.92 Å². The van der Waals surface area contributed by atoms with Gasteiger partial charge in [-0.15, -0.1) is 5.10 Å². The van der Waals surface area contributed by atoms with E-state index in [-0.39, 0.29) is 11.7 Å². The molecule has 2 fully saturated rings. The Balaban J connectivity index is 1.55. The van der Waals surface area contributed by atoms with E-state index in [0.717, 1.165) is 18.8 Å². The van der Waals surface area contributed by atoms with Gasteiger partial charge in [-0.05, 0) is 38.5 Å². The highest BCUT2D eigenvalue weighted by molar-refractivity contribution is 5.84. The molecular formula is C18H30N4O2. The molecule has 0 spiro atoms. The summed E-state index contributed by atoms with van der Waals surface area (Å²) in [6.07, 6.45) is 14.3. The predicted octanol–water partition coefficient (Wildman–Crippen LogP) is 3.41. The Morgan fingerprint density at radius 2 is 2.00 bits per heavy atom. The summed E-state index contributed by atoms with van der Waals surface area (Å²) in [5.41, 5.74) is 0.0357. The second-order valence-electron chi connectivity index (χ2n) is 7.64. The molecule has 1 heterocycles. The summed E-state index contributed by atoms with van der Waals surface area (Å²) >= 11 is 0. The normalized spacial score (nSPS) is 26.5. The van der Waals surface area contributed by atoms with Crippen molar-refractivity contribution in [2.75, 3.05) is 0 Å². The molecule has 3 atom stereocenters. The van der Waals surface area contributed by atoms with Crippen molar-refractivity contribution in [3.8, 4) is 0 Å². The fraction of sp³-hybridized carbons (Fsp3) is 0.833. The molecule has 2 aliphatic rings. The van der Waals surface area contributed by atoms with Crippen LogP contribution in [0.3, 0.4) is 0 Å². The number of hydrogen-bond acceptors (Lipinski definition) is 4. The number of carboxylic acids is 1. The van der Waals surface area contributed by atoms with E-state index >= 15 is 0 Å². The van der Waals surface area contributed by atoms with Crippen LogP contribution in [0.1, 0.15) is 87.7 Å². The van der Waals surface area contributed by atoms with Gasteiger partial charge in [0.15, 0.2) is 5.69 Å². The molecule has 0 bridgehead atoms. The van der Waals surface area contributed by atoms with Crippen LogP contribution >= 0.6 is 0 Å². The lowest BCUT2D eigenvalue weighted by Crippen LogP contribution is -2.44. The van der Waals surface area contributed by atoms with Gasteiger partial charge in [0.1, 0.15) is 0 Å². The van der Waals surface area contributed by atoms with Crippen molar-refractivity contribution in [1.29, 1.82) is 0 Å². The highest BCUT2D eigenvalue weighted by Gasteiger charge is 2.29. The minimum absolute atomic E-state index is 0.0357. The van der Waals surface area contributed by atoms with Crippen LogP contribution in [-0.4, -0.2) is 38.2 Å². The Labute approximate surface area is 144 Å². The number of nitrogens with one attached hydrogen (secondary N) is 1. The molecule has 1 unspecified atom stereocenters. The monoisotopic (exact) mass is 334 g/mol. The average Bonchev–Trinajstić information content (AvgIpc) is 3.25. The van der Waals surface area contributed by atoms with E-state index in [9.17, 15) is 4.79 Å². The Kier molecular flexibility index (Phi) is 5.87. The third-order valence-corrected chi connectivity index (χ3v) is 5.78. The molecule has 3 rings (SSSR count). The Hall–Kier alpha value is -1.43. The first-order valence-corrected chi connectivity index (χ1v) is 9.54. The molecule has 6 nitrogen and oxygen atoms in total. The minimum atomic E-state index is -1.01. The molecule has 0 aromatic carbocycles. The molecule has 1 aromatic rings. The predicted molar refractivity (Wildman–Crippen MR) is 92.1 cm³/mol. The van der Waals surface area contributed by atoms with Gasteiger partial charge in [-0.1, -0.05) is 43.7 Å². The van der Waals surface area contributed by atoms with Crippen LogP contribution in [0.5, 0.6) is 0 Å². The van der Waals surface area contributed by atoms with Gasteiger partial charge >= 0.3 is 5.97 Å². The van der Waals surface area contributed by atoms with Gasteiger partial charge in [-0.3, -0.25) is 0 Å². The van der Waals surface area contributed by atoms with Gasteiger partial charge in [-0.2, -0.15) is 0 Å². The topological polar surface area (TPSA) is 80.0 Å². The number of nitrogens with zero attached hydrogens (tertiary/aromatic N) is 3. The number of carboxylic acid groups (broad SMARTS) is 1. The highest BCUT2D eigenvalue weighted by atomic mass is 16.4. The van der Waals surface area contributed by atoms with Crippen molar-refractivity contribution in [1.82, 2.24) is 20.3 Å². The molecule has 24 heavy (non-hydrogen) atoms. The maximum absolute atomic E-state index is 11.0. The standard InChI is InChI=1S/C18H30N4O2/c1-13(10-11-14-6-2-3-7-14)19-15-8-4-5-9-17(15)22-12-16(18(23)24)20-21-22/h12-15,17,19H,2-11H2,1H3,(H,23,24)/t13?,15-,17+/m1/s1. The summed E-state index contributed by atoms with van der Waals surface area (Å²) in [4.78, 5) is 11.0.